The number of aromatic hydroxyl groups is 1. The molecule has 0 fully saturated rings. The van der Waals surface area contributed by atoms with Crippen molar-refractivity contribution in [3.8, 4) is 11.6 Å². The normalized spacial score (nSPS) is 11.2. The number of nitrogen functional groups attached to an aromatic ring is 1. The summed E-state index contributed by atoms with van der Waals surface area (Å²) in [5.41, 5.74) is 8.91. The van der Waals surface area contributed by atoms with Crippen LogP contribution in [0.2, 0.25) is 5.02 Å². The highest BCUT2D eigenvalue weighted by Gasteiger charge is 2.23. The minimum Gasteiger partial charge on any atom is -0.507 e. The number of phenols is 1. The Morgan fingerprint density at radius 3 is 3.00 bits per heavy atom. The van der Waals surface area contributed by atoms with Crippen molar-refractivity contribution >= 4 is 29.5 Å². The first-order chi connectivity index (χ1) is 13.0. The Hall–Kier alpha value is -3.47. The molecular weight excluding hydrogens is 376 g/mol. The van der Waals surface area contributed by atoms with Gasteiger partial charge in [-0.1, -0.05) is 30.2 Å². The van der Waals surface area contributed by atoms with Gasteiger partial charge in [-0.05, 0) is 34.9 Å². The van der Waals surface area contributed by atoms with Crippen LogP contribution in [0.4, 0.5) is 5.82 Å². The first kappa shape index (κ1) is 18.3. The number of nitrogens with zero attached hydrogens (tertiary/aromatic N) is 6. The molecule has 0 spiro atoms. The number of halogens is 1. The number of nitrogens with one attached hydrogen (secondary N) is 1. The molecule has 1 aromatic carbocycles. The van der Waals surface area contributed by atoms with E-state index in [1.54, 1.807) is 0 Å². The fourth-order valence-corrected chi connectivity index (χ4v) is 2.47. The standard InChI is InChI=1S/C15H15ClN8O3/c1-2-3-10-12(19-23-24(10)14-13(17)21-27-22-14)15(26)20-18-7-8-6-9(16)4-5-11(8)25/h4-7,25H,2-3H2,1H3,(H2,17,21)(H,20,26). The highest BCUT2D eigenvalue weighted by atomic mass is 35.5. The van der Waals surface area contributed by atoms with E-state index in [0.717, 1.165) is 6.42 Å². The number of aromatic nitrogens is 5. The molecule has 12 heteroatoms. The van der Waals surface area contributed by atoms with Gasteiger partial charge in [0.25, 0.3) is 5.91 Å². The van der Waals surface area contributed by atoms with E-state index in [9.17, 15) is 9.90 Å². The first-order valence-corrected chi connectivity index (χ1v) is 8.24. The van der Waals surface area contributed by atoms with Gasteiger partial charge in [0.2, 0.25) is 11.6 Å². The molecule has 27 heavy (non-hydrogen) atoms. The molecule has 1 amide bonds. The van der Waals surface area contributed by atoms with Gasteiger partial charge in [-0.3, -0.25) is 4.79 Å². The zero-order valence-electron chi connectivity index (χ0n) is 14.1. The zero-order valence-corrected chi connectivity index (χ0v) is 14.9. The summed E-state index contributed by atoms with van der Waals surface area (Å²) in [5, 5.41) is 28.9. The molecule has 4 N–H and O–H groups in total. The van der Waals surface area contributed by atoms with Gasteiger partial charge in [0.1, 0.15) is 5.75 Å². The van der Waals surface area contributed by atoms with Crippen LogP contribution in [0.1, 0.15) is 35.1 Å². The third-order valence-electron chi connectivity index (χ3n) is 3.52. The van der Waals surface area contributed by atoms with Gasteiger partial charge in [-0.25, -0.2) is 10.1 Å². The first-order valence-electron chi connectivity index (χ1n) is 7.86. The van der Waals surface area contributed by atoms with Crippen LogP contribution >= 0.6 is 11.6 Å². The lowest BCUT2D eigenvalue weighted by Gasteiger charge is -2.03. The predicted octanol–water partition coefficient (Wildman–Crippen LogP) is 1.31. The minimum absolute atomic E-state index is 0.0241. The van der Waals surface area contributed by atoms with Crippen molar-refractivity contribution in [2.45, 2.75) is 19.8 Å². The number of carbonyl (C=O) groups excluding carboxylic acids is 1. The number of hydrogen-bond donors (Lipinski definition) is 3. The second kappa shape index (κ2) is 7.83. The molecule has 0 aliphatic rings. The monoisotopic (exact) mass is 390 g/mol. The van der Waals surface area contributed by atoms with Crippen molar-refractivity contribution in [2.75, 3.05) is 5.73 Å². The Kier molecular flexibility index (Phi) is 5.31. The van der Waals surface area contributed by atoms with Crippen molar-refractivity contribution in [1.82, 2.24) is 30.7 Å². The van der Waals surface area contributed by atoms with Crippen LogP contribution in [-0.4, -0.2) is 42.5 Å². The van der Waals surface area contributed by atoms with E-state index in [2.05, 4.69) is 35.8 Å². The summed E-state index contributed by atoms with van der Waals surface area (Å²) >= 11 is 5.86. The van der Waals surface area contributed by atoms with Gasteiger partial charge in [0, 0.05) is 10.6 Å². The van der Waals surface area contributed by atoms with E-state index >= 15 is 0 Å². The number of hydrazone groups is 1. The molecule has 0 radical (unpaired) electrons. The van der Waals surface area contributed by atoms with Crippen molar-refractivity contribution in [1.29, 1.82) is 0 Å². The number of anilines is 1. The van der Waals surface area contributed by atoms with Gasteiger partial charge in [0.05, 0.1) is 11.9 Å². The molecule has 140 valence electrons. The van der Waals surface area contributed by atoms with Gasteiger partial charge >= 0.3 is 0 Å². The molecule has 3 aromatic rings. The number of nitrogens with two attached hydrogens (primary N) is 1. The second-order valence-electron chi connectivity index (χ2n) is 5.42. The lowest BCUT2D eigenvalue weighted by molar-refractivity contribution is 0.0949. The molecule has 0 saturated heterocycles. The van der Waals surface area contributed by atoms with Crippen molar-refractivity contribution in [3.63, 3.8) is 0 Å². The largest absolute Gasteiger partial charge is 0.507 e. The summed E-state index contributed by atoms with van der Waals surface area (Å²) in [6, 6.07) is 4.46. The molecule has 0 aliphatic heterocycles. The van der Waals surface area contributed by atoms with Crippen molar-refractivity contribution < 1.29 is 14.5 Å². The SMILES string of the molecule is CCCc1c(C(=O)NN=Cc2cc(Cl)ccc2O)nnn1-c1nonc1N. The highest BCUT2D eigenvalue weighted by molar-refractivity contribution is 6.30. The van der Waals surface area contributed by atoms with Crippen LogP contribution in [0.5, 0.6) is 5.75 Å². The molecule has 2 heterocycles. The number of amides is 1. The number of carbonyl (C=O) groups is 1. The number of hydrogen-bond acceptors (Lipinski definition) is 9. The van der Waals surface area contributed by atoms with Crippen molar-refractivity contribution in [3.05, 3.63) is 40.2 Å². The Morgan fingerprint density at radius 1 is 1.48 bits per heavy atom. The summed E-state index contributed by atoms with van der Waals surface area (Å²) in [6.07, 6.45) is 2.47. The van der Waals surface area contributed by atoms with Crippen LogP contribution < -0.4 is 11.2 Å². The van der Waals surface area contributed by atoms with Gasteiger partial charge in [-0.15, -0.1) is 5.10 Å². The van der Waals surface area contributed by atoms with Crippen LogP contribution in [0.25, 0.3) is 5.82 Å². The highest BCUT2D eigenvalue weighted by Crippen LogP contribution is 2.20. The summed E-state index contributed by atoms with van der Waals surface area (Å²) < 4.78 is 5.87. The molecule has 0 unspecified atom stereocenters. The molecule has 0 aliphatic carbocycles. The van der Waals surface area contributed by atoms with E-state index < -0.39 is 5.91 Å². The maximum absolute atomic E-state index is 12.4. The summed E-state index contributed by atoms with van der Waals surface area (Å²) in [6.45, 7) is 1.93. The van der Waals surface area contributed by atoms with Gasteiger partial charge in [0.15, 0.2) is 5.69 Å². The fraction of sp³-hybridized carbons (Fsp3) is 0.200. The number of rotatable bonds is 6. The number of benzene rings is 1. The molecule has 0 bridgehead atoms. The van der Waals surface area contributed by atoms with Crippen molar-refractivity contribution in [2.24, 2.45) is 5.10 Å². The molecule has 0 atom stereocenters. The third-order valence-corrected chi connectivity index (χ3v) is 3.76. The molecule has 11 nitrogen and oxygen atoms in total. The minimum atomic E-state index is -0.586. The lowest BCUT2D eigenvalue weighted by atomic mass is 10.2. The fourth-order valence-electron chi connectivity index (χ4n) is 2.29. The van der Waals surface area contributed by atoms with Gasteiger partial charge in [-0.2, -0.15) is 9.78 Å². The van der Waals surface area contributed by atoms with E-state index in [4.69, 9.17) is 17.3 Å². The quantitative estimate of drug-likeness (QED) is 0.419. The topological polar surface area (TPSA) is 157 Å². The summed E-state index contributed by atoms with van der Waals surface area (Å²) in [4.78, 5) is 12.4. The second-order valence-corrected chi connectivity index (χ2v) is 5.86. The molecule has 0 saturated carbocycles. The lowest BCUT2D eigenvalue weighted by Crippen LogP contribution is -2.20. The Morgan fingerprint density at radius 2 is 2.30 bits per heavy atom. The zero-order chi connectivity index (χ0) is 19.4. The predicted molar refractivity (Wildman–Crippen MR) is 95.8 cm³/mol. The van der Waals surface area contributed by atoms with E-state index in [1.165, 1.54) is 29.1 Å². The summed E-state index contributed by atoms with van der Waals surface area (Å²) in [7, 11) is 0. The maximum atomic E-state index is 12.4. The van der Waals surface area contributed by atoms with Crippen LogP contribution in [-0.2, 0) is 6.42 Å². The Labute approximate surface area is 157 Å². The van der Waals surface area contributed by atoms with E-state index in [1.807, 2.05) is 6.92 Å². The maximum Gasteiger partial charge on any atom is 0.293 e. The van der Waals surface area contributed by atoms with Crippen LogP contribution in [0.15, 0.2) is 27.9 Å². The van der Waals surface area contributed by atoms with Gasteiger partial charge < -0.3 is 10.8 Å². The third kappa shape index (κ3) is 3.87. The van der Waals surface area contributed by atoms with E-state index in [-0.39, 0.29) is 23.1 Å². The Balaban J connectivity index is 1.82. The summed E-state index contributed by atoms with van der Waals surface area (Å²) in [5.74, 6) is -0.433. The average Bonchev–Trinajstić information content (AvgIpc) is 3.24. The smallest absolute Gasteiger partial charge is 0.293 e. The molecule has 3 rings (SSSR count). The molecular formula is C15H15ClN8O3. The van der Waals surface area contributed by atoms with E-state index in [0.29, 0.717) is 22.7 Å². The van der Waals surface area contributed by atoms with Crippen LogP contribution in [0, 0.1) is 0 Å². The Bertz CT molecular complexity index is 997. The molecule has 2 aromatic heterocycles. The average molecular weight is 391 g/mol. The van der Waals surface area contributed by atoms with Crippen LogP contribution in [0.3, 0.4) is 0 Å². The number of phenolic OH excluding ortho intramolecular Hbond substituents is 1.